The Kier molecular flexibility index (Phi) is 5.14. The SMILES string of the molecule is COc1ccc(C2(C(=O)N(C)C3CCN(C)CC3)CCCC2)cc1. The van der Waals surface area contributed by atoms with E-state index in [4.69, 9.17) is 4.74 Å². The van der Waals surface area contributed by atoms with Crippen molar-refractivity contribution in [3.05, 3.63) is 29.8 Å². The first-order chi connectivity index (χ1) is 11.6. The van der Waals surface area contributed by atoms with E-state index in [1.165, 1.54) is 0 Å². The maximum atomic E-state index is 13.5. The third-order valence-corrected chi connectivity index (χ3v) is 6.07. The molecule has 1 aliphatic carbocycles. The molecule has 4 heteroatoms. The molecule has 0 atom stereocenters. The Morgan fingerprint density at radius 2 is 1.75 bits per heavy atom. The van der Waals surface area contributed by atoms with Gasteiger partial charge in [0.2, 0.25) is 5.91 Å². The molecule has 0 bridgehead atoms. The van der Waals surface area contributed by atoms with E-state index >= 15 is 0 Å². The predicted molar refractivity (Wildman–Crippen MR) is 96.4 cm³/mol. The molecule has 0 aromatic heterocycles. The van der Waals surface area contributed by atoms with Gasteiger partial charge in [-0.1, -0.05) is 25.0 Å². The van der Waals surface area contributed by atoms with Gasteiger partial charge in [0, 0.05) is 13.1 Å². The number of hydrogen-bond donors (Lipinski definition) is 0. The second kappa shape index (κ2) is 7.14. The summed E-state index contributed by atoms with van der Waals surface area (Å²) in [6.07, 6.45) is 6.37. The number of hydrogen-bond acceptors (Lipinski definition) is 3. The summed E-state index contributed by atoms with van der Waals surface area (Å²) in [7, 11) is 5.86. The summed E-state index contributed by atoms with van der Waals surface area (Å²) in [6.45, 7) is 2.16. The topological polar surface area (TPSA) is 32.8 Å². The van der Waals surface area contributed by atoms with E-state index in [1.807, 2.05) is 19.2 Å². The monoisotopic (exact) mass is 330 g/mol. The molecule has 24 heavy (non-hydrogen) atoms. The summed E-state index contributed by atoms with van der Waals surface area (Å²) in [5, 5.41) is 0. The Bertz CT molecular complexity index is 556. The fourth-order valence-electron chi connectivity index (χ4n) is 4.40. The molecule has 132 valence electrons. The number of nitrogens with zero attached hydrogens (tertiary/aromatic N) is 2. The average molecular weight is 330 g/mol. The number of amides is 1. The van der Waals surface area contributed by atoms with Crippen molar-refractivity contribution in [2.24, 2.45) is 0 Å². The number of likely N-dealkylation sites (N-methyl/N-ethyl adjacent to an activating group) is 1. The van der Waals surface area contributed by atoms with Gasteiger partial charge in [-0.05, 0) is 63.5 Å². The van der Waals surface area contributed by atoms with Crippen molar-refractivity contribution in [1.29, 1.82) is 0 Å². The molecule has 0 spiro atoms. The van der Waals surface area contributed by atoms with Crippen molar-refractivity contribution in [2.45, 2.75) is 50.0 Å². The van der Waals surface area contributed by atoms with Crippen LogP contribution in [0, 0.1) is 0 Å². The summed E-state index contributed by atoms with van der Waals surface area (Å²) in [5.41, 5.74) is 0.829. The van der Waals surface area contributed by atoms with Crippen LogP contribution in [-0.2, 0) is 10.2 Å². The molecule has 1 heterocycles. The zero-order valence-electron chi connectivity index (χ0n) is 15.3. The Labute approximate surface area is 145 Å². The predicted octanol–water partition coefficient (Wildman–Crippen LogP) is 3.06. The third kappa shape index (κ3) is 3.16. The lowest BCUT2D eigenvalue weighted by Crippen LogP contribution is -2.51. The molecule has 1 aromatic rings. The Morgan fingerprint density at radius 1 is 1.17 bits per heavy atom. The van der Waals surface area contributed by atoms with Gasteiger partial charge < -0.3 is 14.5 Å². The highest BCUT2D eigenvalue weighted by atomic mass is 16.5. The number of ether oxygens (including phenoxy) is 1. The molecule has 3 rings (SSSR count). The number of rotatable bonds is 4. The van der Waals surface area contributed by atoms with Crippen LogP contribution in [0.1, 0.15) is 44.1 Å². The van der Waals surface area contributed by atoms with Crippen LogP contribution in [0.3, 0.4) is 0 Å². The zero-order chi connectivity index (χ0) is 17.2. The number of benzene rings is 1. The molecular formula is C20H30N2O2. The number of methoxy groups -OCH3 is 1. The minimum Gasteiger partial charge on any atom is -0.497 e. The van der Waals surface area contributed by atoms with Crippen LogP contribution in [-0.4, -0.2) is 56.0 Å². The van der Waals surface area contributed by atoms with Gasteiger partial charge in [0.15, 0.2) is 0 Å². The van der Waals surface area contributed by atoms with E-state index in [2.05, 4.69) is 29.0 Å². The number of likely N-dealkylation sites (tertiary alicyclic amines) is 1. The smallest absolute Gasteiger partial charge is 0.233 e. The largest absolute Gasteiger partial charge is 0.497 e. The Hall–Kier alpha value is -1.55. The normalized spacial score (nSPS) is 21.6. The van der Waals surface area contributed by atoms with Crippen molar-refractivity contribution in [3.8, 4) is 5.75 Å². The Morgan fingerprint density at radius 3 is 2.29 bits per heavy atom. The zero-order valence-corrected chi connectivity index (χ0v) is 15.3. The van der Waals surface area contributed by atoms with Crippen molar-refractivity contribution >= 4 is 5.91 Å². The van der Waals surface area contributed by atoms with Crippen LogP contribution in [0.2, 0.25) is 0 Å². The average Bonchev–Trinajstić information content (AvgIpc) is 3.12. The number of piperidine rings is 1. The maximum Gasteiger partial charge on any atom is 0.233 e. The molecule has 1 saturated carbocycles. The summed E-state index contributed by atoms with van der Waals surface area (Å²) in [5.74, 6) is 1.17. The fourth-order valence-corrected chi connectivity index (χ4v) is 4.40. The van der Waals surface area contributed by atoms with Gasteiger partial charge >= 0.3 is 0 Å². The summed E-state index contributed by atoms with van der Waals surface area (Å²) >= 11 is 0. The van der Waals surface area contributed by atoms with Gasteiger partial charge in [0.25, 0.3) is 0 Å². The van der Waals surface area contributed by atoms with Crippen LogP contribution in [0.25, 0.3) is 0 Å². The standard InChI is InChI=1S/C20H30N2O2/c1-21-14-10-17(11-15-21)22(2)19(23)20(12-4-5-13-20)16-6-8-18(24-3)9-7-16/h6-9,17H,4-5,10-15H2,1-3H3. The molecule has 1 aromatic carbocycles. The second-order valence-corrected chi connectivity index (χ2v) is 7.47. The number of carbonyl (C=O) groups is 1. The van der Waals surface area contributed by atoms with E-state index < -0.39 is 0 Å². The first-order valence-electron chi connectivity index (χ1n) is 9.17. The molecule has 0 N–H and O–H groups in total. The van der Waals surface area contributed by atoms with E-state index in [0.717, 1.165) is 62.9 Å². The van der Waals surface area contributed by atoms with E-state index in [9.17, 15) is 4.79 Å². The Balaban J connectivity index is 1.82. The fraction of sp³-hybridized carbons (Fsp3) is 0.650. The highest BCUT2D eigenvalue weighted by Gasteiger charge is 2.45. The third-order valence-electron chi connectivity index (χ3n) is 6.07. The number of carbonyl (C=O) groups excluding carboxylic acids is 1. The van der Waals surface area contributed by atoms with Crippen LogP contribution in [0.5, 0.6) is 5.75 Å². The molecule has 0 unspecified atom stereocenters. The summed E-state index contributed by atoms with van der Waals surface area (Å²) in [4.78, 5) is 17.9. The van der Waals surface area contributed by atoms with Gasteiger partial charge in [0.05, 0.1) is 12.5 Å². The molecule has 1 aliphatic heterocycles. The molecule has 4 nitrogen and oxygen atoms in total. The quantitative estimate of drug-likeness (QED) is 0.850. The minimum absolute atomic E-state index is 0.319. The van der Waals surface area contributed by atoms with Crippen molar-refractivity contribution in [2.75, 3.05) is 34.3 Å². The molecule has 0 radical (unpaired) electrons. The van der Waals surface area contributed by atoms with Crippen LogP contribution >= 0.6 is 0 Å². The van der Waals surface area contributed by atoms with E-state index in [-0.39, 0.29) is 5.41 Å². The lowest BCUT2D eigenvalue weighted by Gasteiger charge is -2.40. The molecule has 2 aliphatic rings. The first kappa shape index (κ1) is 17.3. The first-order valence-corrected chi connectivity index (χ1v) is 9.17. The van der Waals surface area contributed by atoms with Crippen molar-refractivity contribution in [3.63, 3.8) is 0 Å². The van der Waals surface area contributed by atoms with Gasteiger partial charge in [0.1, 0.15) is 5.75 Å². The van der Waals surface area contributed by atoms with Crippen molar-refractivity contribution < 1.29 is 9.53 Å². The van der Waals surface area contributed by atoms with Gasteiger partial charge in [-0.2, -0.15) is 0 Å². The van der Waals surface area contributed by atoms with Gasteiger partial charge in [-0.25, -0.2) is 0 Å². The summed E-state index contributed by atoms with van der Waals surface area (Å²) < 4.78 is 5.28. The lowest BCUT2D eigenvalue weighted by atomic mass is 9.77. The van der Waals surface area contributed by atoms with Crippen LogP contribution in [0.15, 0.2) is 24.3 Å². The highest BCUT2D eigenvalue weighted by Crippen LogP contribution is 2.43. The van der Waals surface area contributed by atoms with Crippen molar-refractivity contribution in [1.82, 2.24) is 9.80 Å². The molecule has 2 fully saturated rings. The van der Waals surface area contributed by atoms with Gasteiger partial charge in [-0.15, -0.1) is 0 Å². The van der Waals surface area contributed by atoms with Gasteiger partial charge in [-0.3, -0.25) is 4.79 Å². The van der Waals surface area contributed by atoms with Crippen LogP contribution in [0.4, 0.5) is 0 Å². The molecule has 1 amide bonds. The minimum atomic E-state index is -0.329. The van der Waals surface area contributed by atoms with Crippen LogP contribution < -0.4 is 4.74 Å². The van der Waals surface area contributed by atoms with E-state index in [1.54, 1.807) is 7.11 Å². The summed E-state index contributed by atoms with van der Waals surface area (Å²) in [6, 6.07) is 8.52. The van der Waals surface area contributed by atoms with E-state index in [0.29, 0.717) is 11.9 Å². The molecule has 1 saturated heterocycles. The second-order valence-electron chi connectivity index (χ2n) is 7.47. The maximum absolute atomic E-state index is 13.5. The lowest BCUT2D eigenvalue weighted by molar-refractivity contribution is -0.139. The molecular weight excluding hydrogens is 300 g/mol. The highest BCUT2D eigenvalue weighted by molar-refractivity contribution is 5.88.